The summed E-state index contributed by atoms with van der Waals surface area (Å²) in [6.45, 7) is 5.13. The topological polar surface area (TPSA) is 27.8 Å². The number of aromatic nitrogens is 1. The van der Waals surface area contributed by atoms with Crippen LogP contribution in [0.5, 0.6) is 0 Å². The Morgan fingerprint density at radius 2 is 2.18 bits per heavy atom. The predicted molar refractivity (Wildman–Crippen MR) is 70.3 cm³/mol. The van der Waals surface area contributed by atoms with Crippen molar-refractivity contribution in [2.24, 2.45) is 0 Å². The fourth-order valence-electron chi connectivity index (χ4n) is 3.48. The van der Waals surface area contributed by atoms with Gasteiger partial charge in [-0.15, -0.1) is 0 Å². The molecule has 0 saturated carbocycles. The first-order valence-electron chi connectivity index (χ1n) is 6.32. The van der Waals surface area contributed by atoms with Crippen LogP contribution < -0.4 is 5.32 Å². The van der Waals surface area contributed by atoms with Gasteiger partial charge in [-0.05, 0) is 30.0 Å². The Morgan fingerprint density at radius 3 is 3.12 bits per heavy atom. The number of rotatable bonds is 0. The second-order valence-electron chi connectivity index (χ2n) is 5.34. The minimum absolute atomic E-state index is 0.592. The van der Waals surface area contributed by atoms with Crippen molar-refractivity contribution >= 4 is 10.9 Å². The number of fused-ring (bicyclic) bond motifs is 2. The number of H-pyrrole nitrogens is 1. The van der Waals surface area contributed by atoms with Crippen molar-refractivity contribution in [3.05, 3.63) is 47.7 Å². The van der Waals surface area contributed by atoms with Crippen molar-refractivity contribution in [3.8, 4) is 0 Å². The second-order valence-corrected chi connectivity index (χ2v) is 5.34. The fraction of sp³-hybridized carbons (Fsp3) is 0.333. The van der Waals surface area contributed by atoms with Gasteiger partial charge in [-0.2, -0.15) is 0 Å². The molecule has 0 radical (unpaired) electrons. The van der Waals surface area contributed by atoms with Crippen LogP contribution in [-0.4, -0.2) is 17.6 Å². The molecule has 86 valence electrons. The van der Waals surface area contributed by atoms with Crippen molar-refractivity contribution < 1.29 is 0 Å². The van der Waals surface area contributed by atoms with Crippen LogP contribution in [0.3, 0.4) is 0 Å². The predicted octanol–water partition coefficient (Wildman–Crippen LogP) is 2.73. The summed E-state index contributed by atoms with van der Waals surface area (Å²) in [7, 11) is 0. The smallest absolute Gasteiger partial charge is 0.0459 e. The quantitative estimate of drug-likeness (QED) is 0.662. The maximum atomic E-state index is 4.14. The van der Waals surface area contributed by atoms with Gasteiger partial charge in [-0.25, -0.2) is 0 Å². The SMILES string of the molecule is C=C1CN[C@@H]2Cc3c[nH]c4cccc(c34)[C@H]2C1. The zero-order chi connectivity index (χ0) is 11.4. The van der Waals surface area contributed by atoms with Crippen LogP contribution in [0.25, 0.3) is 10.9 Å². The average molecular weight is 224 g/mol. The summed E-state index contributed by atoms with van der Waals surface area (Å²) in [4.78, 5) is 3.39. The fourth-order valence-corrected chi connectivity index (χ4v) is 3.48. The maximum absolute atomic E-state index is 4.14. The molecule has 2 aromatic rings. The second kappa shape index (κ2) is 3.23. The molecule has 4 rings (SSSR count). The van der Waals surface area contributed by atoms with Crippen LogP contribution in [0.4, 0.5) is 0 Å². The van der Waals surface area contributed by atoms with Crippen LogP contribution in [0.1, 0.15) is 23.5 Å². The van der Waals surface area contributed by atoms with E-state index in [0.717, 1.165) is 19.4 Å². The zero-order valence-corrected chi connectivity index (χ0v) is 9.79. The Hall–Kier alpha value is -1.54. The summed E-state index contributed by atoms with van der Waals surface area (Å²) < 4.78 is 0. The molecule has 17 heavy (non-hydrogen) atoms. The van der Waals surface area contributed by atoms with Crippen LogP contribution in [0, 0.1) is 0 Å². The number of nitrogens with one attached hydrogen (secondary N) is 2. The molecule has 2 nitrogen and oxygen atoms in total. The number of hydrogen-bond acceptors (Lipinski definition) is 1. The Bertz CT molecular complexity index is 608. The normalized spacial score (nSPS) is 27.2. The van der Waals surface area contributed by atoms with Crippen molar-refractivity contribution in [2.75, 3.05) is 6.54 Å². The molecule has 0 bridgehead atoms. The Labute approximate surface area is 101 Å². The lowest BCUT2D eigenvalue weighted by Gasteiger charge is -2.37. The molecule has 0 unspecified atom stereocenters. The van der Waals surface area contributed by atoms with Crippen LogP contribution in [-0.2, 0) is 6.42 Å². The number of piperidine rings is 1. The molecule has 1 aromatic carbocycles. The number of hydrogen-bond donors (Lipinski definition) is 2. The lowest BCUT2D eigenvalue weighted by Crippen LogP contribution is -2.43. The molecule has 0 amide bonds. The van der Waals surface area contributed by atoms with Crippen molar-refractivity contribution in [3.63, 3.8) is 0 Å². The van der Waals surface area contributed by atoms with Crippen molar-refractivity contribution in [2.45, 2.75) is 24.8 Å². The van der Waals surface area contributed by atoms with E-state index in [-0.39, 0.29) is 0 Å². The molecule has 2 atom stereocenters. The van der Waals surface area contributed by atoms with Gasteiger partial charge in [0.1, 0.15) is 0 Å². The van der Waals surface area contributed by atoms with Gasteiger partial charge < -0.3 is 10.3 Å². The highest BCUT2D eigenvalue weighted by atomic mass is 14.9. The molecular weight excluding hydrogens is 208 g/mol. The monoisotopic (exact) mass is 224 g/mol. The van der Waals surface area contributed by atoms with Crippen LogP contribution >= 0.6 is 0 Å². The molecule has 2 heteroatoms. The summed E-state index contributed by atoms with van der Waals surface area (Å²) >= 11 is 0. The Morgan fingerprint density at radius 1 is 1.24 bits per heavy atom. The summed E-state index contributed by atoms with van der Waals surface area (Å²) in [5.41, 5.74) is 5.59. The minimum Gasteiger partial charge on any atom is -0.361 e. The molecule has 1 saturated heterocycles. The van der Waals surface area contributed by atoms with E-state index >= 15 is 0 Å². The van der Waals surface area contributed by atoms with E-state index in [9.17, 15) is 0 Å². The third-order valence-electron chi connectivity index (χ3n) is 4.27. The lowest BCUT2D eigenvalue weighted by atomic mass is 9.75. The average Bonchev–Trinajstić information content (AvgIpc) is 2.75. The molecule has 2 aliphatic rings. The third-order valence-corrected chi connectivity index (χ3v) is 4.27. The van der Waals surface area contributed by atoms with E-state index in [4.69, 9.17) is 0 Å². The van der Waals surface area contributed by atoms with Gasteiger partial charge in [0.05, 0.1) is 0 Å². The maximum Gasteiger partial charge on any atom is 0.0459 e. The highest BCUT2D eigenvalue weighted by Gasteiger charge is 2.33. The highest BCUT2D eigenvalue weighted by Crippen LogP contribution is 2.41. The van der Waals surface area contributed by atoms with Gasteiger partial charge in [-0.1, -0.05) is 24.3 Å². The molecule has 2 N–H and O–H groups in total. The third kappa shape index (κ3) is 1.25. The van der Waals surface area contributed by atoms with Gasteiger partial charge in [0.2, 0.25) is 0 Å². The number of benzene rings is 1. The zero-order valence-electron chi connectivity index (χ0n) is 9.79. The van der Waals surface area contributed by atoms with E-state index < -0.39 is 0 Å². The first-order valence-corrected chi connectivity index (χ1v) is 6.32. The molecular formula is C15H16N2. The summed E-state index contributed by atoms with van der Waals surface area (Å²) in [5, 5.41) is 5.09. The van der Waals surface area contributed by atoms with E-state index in [2.05, 4.69) is 41.3 Å². The molecule has 0 spiro atoms. The van der Waals surface area contributed by atoms with E-state index in [0.29, 0.717) is 12.0 Å². The standard InChI is InChI=1S/C15H16N2/c1-9-5-12-11-3-2-4-13-15(11)10(8-17-13)6-14(12)16-7-9/h2-4,8,12,14,16-17H,1,5-7H2/t12-,14-/m1/s1. The summed E-state index contributed by atoms with van der Waals surface area (Å²) in [6, 6.07) is 7.22. The summed E-state index contributed by atoms with van der Waals surface area (Å²) in [5.74, 6) is 0.614. The minimum atomic E-state index is 0.592. The van der Waals surface area contributed by atoms with Gasteiger partial charge >= 0.3 is 0 Å². The van der Waals surface area contributed by atoms with Crippen molar-refractivity contribution in [1.82, 2.24) is 10.3 Å². The van der Waals surface area contributed by atoms with Gasteiger partial charge in [-0.3, -0.25) is 0 Å². The number of aromatic amines is 1. The molecule has 1 fully saturated rings. The first kappa shape index (κ1) is 9.49. The van der Waals surface area contributed by atoms with Crippen molar-refractivity contribution in [1.29, 1.82) is 0 Å². The largest absolute Gasteiger partial charge is 0.361 e. The highest BCUT2D eigenvalue weighted by molar-refractivity contribution is 5.88. The van der Waals surface area contributed by atoms with Gasteiger partial charge in [0.15, 0.2) is 0 Å². The van der Waals surface area contributed by atoms with Crippen LogP contribution in [0.15, 0.2) is 36.5 Å². The molecule has 1 aliphatic carbocycles. The molecule has 2 heterocycles. The van der Waals surface area contributed by atoms with Gasteiger partial charge in [0, 0.05) is 35.6 Å². The first-order chi connectivity index (χ1) is 8.33. The Balaban J connectivity index is 1.95. The van der Waals surface area contributed by atoms with Crippen LogP contribution in [0.2, 0.25) is 0 Å². The van der Waals surface area contributed by atoms with E-state index in [1.807, 2.05) is 0 Å². The molecule has 1 aliphatic heterocycles. The van der Waals surface area contributed by atoms with E-state index in [1.54, 1.807) is 0 Å². The van der Waals surface area contributed by atoms with Gasteiger partial charge in [0.25, 0.3) is 0 Å². The molecule has 1 aromatic heterocycles. The van der Waals surface area contributed by atoms with E-state index in [1.165, 1.54) is 27.6 Å². The lowest BCUT2D eigenvalue weighted by molar-refractivity contribution is 0.394. The Kier molecular flexibility index (Phi) is 1.80. The summed E-state index contributed by atoms with van der Waals surface area (Å²) in [6.07, 6.45) is 4.46.